The molecule has 0 amide bonds. The van der Waals surface area contributed by atoms with Gasteiger partial charge in [0.05, 0.1) is 5.75 Å². The van der Waals surface area contributed by atoms with Crippen molar-refractivity contribution in [3.05, 3.63) is 0 Å². The minimum atomic E-state index is -4.03. The van der Waals surface area contributed by atoms with E-state index in [2.05, 4.69) is 12.6 Å². The third-order valence-electron chi connectivity index (χ3n) is 0.357. The number of rotatable bonds is 2. The number of hydrogen-bond donors (Lipinski definition) is 1. The number of thiol groups is 1. The van der Waals surface area contributed by atoms with Crippen LogP contribution in [0.15, 0.2) is 0 Å². The molecule has 0 aromatic heterocycles. The SMILES string of the molecule is FC(F)(F)CSCS. The van der Waals surface area contributed by atoms with Crippen LogP contribution in [0.2, 0.25) is 0 Å². The van der Waals surface area contributed by atoms with Gasteiger partial charge in [0, 0.05) is 5.08 Å². The molecule has 0 aliphatic rings. The fourth-order valence-corrected chi connectivity index (χ4v) is 0.758. The fourth-order valence-electron chi connectivity index (χ4n) is 0.161. The second kappa shape index (κ2) is 3.50. The molecule has 0 saturated heterocycles. The van der Waals surface area contributed by atoms with Crippen molar-refractivity contribution in [2.75, 3.05) is 10.8 Å². The second-order valence-electron chi connectivity index (χ2n) is 1.09. The molecule has 0 heterocycles. The Bertz CT molecular complexity index is 60.0. The quantitative estimate of drug-likeness (QED) is 0.479. The first-order valence-corrected chi connectivity index (χ1v) is 3.60. The second-order valence-corrected chi connectivity index (χ2v) is 2.82. The normalized spacial score (nSPS) is 12.0. The molecule has 0 aliphatic heterocycles. The van der Waals surface area contributed by atoms with Crippen molar-refractivity contribution in [2.24, 2.45) is 0 Å². The molecule has 0 saturated carbocycles. The average Bonchev–Trinajstić information content (AvgIpc) is 1.59. The van der Waals surface area contributed by atoms with E-state index in [4.69, 9.17) is 0 Å². The van der Waals surface area contributed by atoms with E-state index in [0.29, 0.717) is 0 Å². The van der Waals surface area contributed by atoms with Crippen LogP contribution in [0.1, 0.15) is 0 Å². The summed E-state index contributed by atoms with van der Waals surface area (Å²) in [4.78, 5) is 0. The number of alkyl halides is 3. The van der Waals surface area contributed by atoms with Gasteiger partial charge in [0.25, 0.3) is 0 Å². The molecular formula is C3H5F3S2. The highest BCUT2D eigenvalue weighted by Crippen LogP contribution is 2.20. The zero-order valence-corrected chi connectivity index (χ0v) is 5.61. The molecular weight excluding hydrogens is 157 g/mol. The van der Waals surface area contributed by atoms with Gasteiger partial charge in [0.15, 0.2) is 0 Å². The molecule has 5 heteroatoms. The molecule has 0 fully saturated rings. The third-order valence-corrected chi connectivity index (χ3v) is 1.62. The van der Waals surface area contributed by atoms with Crippen molar-refractivity contribution in [3.63, 3.8) is 0 Å². The van der Waals surface area contributed by atoms with E-state index < -0.39 is 11.9 Å². The van der Waals surface area contributed by atoms with E-state index in [-0.39, 0.29) is 5.08 Å². The van der Waals surface area contributed by atoms with Gasteiger partial charge >= 0.3 is 6.18 Å². The molecule has 0 nitrogen and oxygen atoms in total. The van der Waals surface area contributed by atoms with Crippen molar-refractivity contribution in [3.8, 4) is 0 Å². The van der Waals surface area contributed by atoms with Gasteiger partial charge in [-0.05, 0) is 0 Å². The predicted octanol–water partition coefficient (Wildman–Crippen LogP) is 2.17. The summed E-state index contributed by atoms with van der Waals surface area (Å²) in [7, 11) is 0. The summed E-state index contributed by atoms with van der Waals surface area (Å²) in [6, 6.07) is 0. The highest BCUT2D eigenvalue weighted by molar-refractivity contribution is 8.09. The molecule has 0 N–H and O–H groups in total. The van der Waals surface area contributed by atoms with Crippen molar-refractivity contribution in [1.82, 2.24) is 0 Å². The summed E-state index contributed by atoms with van der Waals surface area (Å²) < 4.78 is 33.6. The Morgan fingerprint density at radius 2 is 1.88 bits per heavy atom. The van der Waals surface area contributed by atoms with Crippen molar-refractivity contribution < 1.29 is 13.2 Å². The van der Waals surface area contributed by atoms with Crippen LogP contribution >= 0.6 is 24.4 Å². The highest BCUT2D eigenvalue weighted by atomic mass is 32.2. The van der Waals surface area contributed by atoms with Crippen molar-refractivity contribution in [1.29, 1.82) is 0 Å². The van der Waals surface area contributed by atoms with Gasteiger partial charge in [0.2, 0.25) is 0 Å². The van der Waals surface area contributed by atoms with Crippen LogP contribution in [0.3, 0.4) is 0 Å². The van der Waals surface area contributed by atoms with Crippen LogP contribution < -0.4 is 0 Å². The molecule has 0 rings (SSSR count). The van der Waals surface area contributed by atoms with Crippen LogP contribution in [-0.4, -0.2) is 17.0 Å². The largest absolute Gasteiger partial charge is 0.397 e. The lowest BCUT2D eigenvalue weighted by molar-refractivity contribution is -0.105. The zero-order valence-electron chi connectivity index (χ0n) is 3.90. The maximum atomic E-state index is 11.2. The monoisotopic (exact) mass is 162 g/mol. The van der Waals surface area contributed by atoms with Crippen molar-refractivity contribution >= 4 is 24.4 Å². The summed E-state index contributed by atoms with van der Waals surface area (Å²) in [6.07, 6.45) is -4.03. The van der Waals surface area contributed by atoms with Gasteiger partial charge in [-0.25, -0.2) is 0 Å². The van der Waals surface area contributed by atoms with Gasteiger partial charge in [-0.1, -0.05) is 0 Å². The van der Waals surface area contributed by atoms with Gasteiger partial charge in [0.1, 0.15) is 0 Å². The predicted molar refractivity (Wildman–Crippen MR) is 32.4 cm³/mol. The molecule has 0 radical (unpaired) electrons. The molecule has 8 heavy (non-hydrogen) atoms. The summed E-state index contributed by atoms with van der Waals surface area (Å²) in [5, 5.41) is 0.222. The van der Waals surface area contributed by atoms with Crippen LogP contribution in [0.4, 0.5) is 13.2 Å². The van der Waals surface area contributed by atoms with E-state index in [1.165, 1.54) is 0 Å². The zero-order chi connectivity index (χ0) is 6.62. The average molecular weight is 162 g/mol. The van der Waals surface area contributed by atoms with Gasteiger partial charge in [-0.15, -0.1) is 11.8 Å². The standard InChI is InChI=1S/C3H5F3S2/c4-3(5,6)1-8-2-7/h7H,1-2H2. The van der Waals surface area contributed by atoms with E-state index in [1.807, 2.05) is 0 Å². The number of hydrogen-bond acceptors (Lipinski definition) is 2. The van der Waals surface area contributed by atoms with Crippen LogP contribution in [0.25, 0.3) is 0 Å². The maximum absolute atomic E-state index is 11.2. The molecule has 0 aromatic carbocycles. The lowest BCUT2D eigenvalue weighted by atomic mass is 10.8. The number of halogens is 3. The third kappa shape index (κ3) is 6.49. The highest BCUT2D eigenvalue weighted by Gasteiger charge is 2.26. The summed E-state index contributed by atoms with van der Waals surface area (Å²) in [5.74, 6) is -0.795. The minimum Gasteiger partial charge on any atom is -0.170 e. The topological polar surface area (TPSA) is 0 Å². The van der Waals surface area contributed by atoms with Crippen LogP contribution in [0.5, 0.6) is 0 Å². The molecule has 0 unspecified atom stereocenters. The Balaban J connectivity index is 3.11. The Hall–Kier alpha value is 0.490. The lowest BCUT2D eigenvalue weighted by Gasteiger charge is -2.01. The molecule has 0 aromatic rings. The maximum Gasteiger partial charge on any atom is 0.397 e. The molecule has 0 spiro atoms. The fraction of sp³-hybridized carbons (Fsp3) is 1.00. The van der Waals surface area contributed by atoms with Crippen LogP contribution in [-0.2, 0) is 0 Å². The van der Waals surface area contributed by atoms with E-state index in [0.717, 1.165) is 11.8 Å². The first-order valence-electron chi connectivity index (χ1n) is 1.81. The van der Waals surface area contributed by atoms with Gasteiger partial charge in [-0.2, -0.15) is 25.8 Å². The Morgan fingerprint density at radius 1 is 1.38 bits per heavy atom. The van der Waals surface area contributed by atoms with Gasteiger partial charge < -0.3 is 0 Å². The Kier molecular flexibility index (Phi) is 3.72. The first kappa shape index (κ1) is 8.49. The molecule has 0 bridgehead atoms. The van der Waals surface area contributed by atoms with Crippen molar-refractivity contribution in [2.45, 2.75) is 6.18 Å². The molecule has 0 aliphatic carbocycles. The Labute approximate surface area is 55.2 Å². The van der Waals surface area contributed by atoms with Gasteiger partial charge in [-0.3, -0.25) is 0 Å². The summed E-state index contributed by atoms with van der Waals surface area (Å²) >= 11 is 4.35. The lowest BCUT2D eigenvalue weighted by Crippen LogP contribution is -2.10. The minimum absolute atomic E-state index is 0.222. The van der Waals surface area contributed by atoms with E-state index in [1.54, 1.807) is 0 Å². The summed E-state index contributed by atoms with van der Waals surface area (Å²) in [5.41, 5.74) is 0. The van der Waals surface area contributed by atoms with E-state index >= 15 is 0 Å². The molecule has 0 atom stereocenters. The van der Waals surface area contributed by atoms with Crippen LogP contribution in [0, 0.1) is 0 Å². The smallest absolute Gasteiger partial charge is 0.170 e. The summed E-state index contributed by atoms with van der Waals surface area (Å²) in [6.45, 7) is 0. The Morgan fingerprint density at radius 3 is 2.00 bits per heavy atom. The molecule has 50 valence electrons. The first-order chi connectivity index (χ1) is 3.56. The number of thioether (sulfide) groups is 1. The van der Waals surface area contributed by atoms with E-state index in [9.17, 15) is 13.2 Å².